The Labute approximate surface area is 120 Å². The van der Waals surface area contributed by atoms with Gasteiger partial charge in [-0.2, -0.15) is 0 Å². The summed E-state index contributed by atoms with van der Waals surface area (Å²) < 4.78 is 10.8. The van der Waals surface area contributed by atoms with Gasteiger partial charge in [0.05, 0.1) is 24.8 Å². The fourth-order valence-electron chi connectivity index (χ4n) is 2.77. The number of benzene rings is 1. The Bertz CT molecular complexity index is 475. The maximum absolute atomic E-state index is 12.4. The van der Waals surface area contributed by atoms with Crippen molar-refractivity contribution >= 4 is 5.78 Å². The highest BCUT2D eigenvalue weighted by Gasteiger charge is 2.31. The zero-order chi connectivity index (χ0) is 14.6. The Kier molecular flexibility index (Phi) is 4.78. The van der Waals surface area contributed by atoms with E-state index in [1.165, 1.54) is 0 Å². The summed E-state index contributed by atoms with van der Waals surface area (Å²) in [5.74, 6) is 0.742. The summed E-state index contributed by atoms with van der Waals surface area (Å²) >= 11 is 0. The van der Waals surface area contributed by atoms with Crippen LogP contribution >= 0.6 is 0 Å². The molecule has 1 aromatic carbocycles. The van der Waals surface area contributed by atoms with E-state index in [9.17, 15) is 4.79 Å². The monoisotopic (exact) mass is 277 g/mol. The summed E-state index contributed by atoms with van der Waals surface area (Å²) in [4.78, 5) is 14.6. The molecule has 1 saturated heterocycles. The highest BCUT2D eigenvalue weighted by Crippen LogP contribution is 2.25. The van der Waals surface area contributed by atoms with Gasteiger partial charge in [-0.05, 0) is 38.4 Å². The molecular weight excluding hydrogens is 254 g/mol. The van der Waals surface area contributed by atoms with Gasteiger partial charge < -0.3 is 9.47 Å². The molecule has 0 bridgehead atoms. The lowest BCUT2D eigenvalue weighted by molar-refractivity contribution is -0.0485. The van der Waals surface area contributed by atoms with Crippen molar-refractivity contribution in [3.63, 3.8) is 0 Å². The summed E-state index contributed by atoms with van der Waals surface area (Å²) in [5.41, 5.74) is 0.513. The smallest absolute Gasteiger partial charge is 0.180 e. The number of ether oxygens (including phenoxy) is 2. The molecule has 0 aliphatic carbocycles. The number of carbonyl (C=O) groups is 1. The first-order valence-corrected chi connectivity index (χ1v) is 7.02. The van der Waals surface area contributed by atoms with Gasteiger partial charge in [0.25, 0.3) is 0 Å². The largest absolute Gasteiger partial charge is 0.496 e. The van der Waals surface area contributed by atoms with E-state index in [0.29, 0.717) is 17.9 Å². The number of para-hydroxylation sites is 1. The van der Waals surface area contributed by atoms with Crippen LogP contribution in [-0.4, -0.2) is 50.1 Å². The second-order valence-electron chi connectivity index (χ2n) is 5.59. The number of carbonyl (C=O) groups excluding carboxylic acids is 1. The number of hydrogen-bond acceptors (Lipinski definition) is 4. The average molecular weight is 277 g/mol. The molecule has 1 atom stereocenters. The lowest BCUT2D eigenvalue weighted by atomic mass is 9.94. The van der Waals surface area contributed by atoms with Gasteiger partial charge in [-0.15, -0.1) is 0 Å². The van der Waals surface area contributed by atoms with Crippen molar-refractivity contribution in [2.75, 3.05) is 33.9 Å². The summed E-state index contributed by atoms with van der Waals surface area (Å²) in [5, 5.41) is 0. The predicted octanol–water partition coefficient (Wildman–Crippen LogP) is 2.38. The molecule has 4 nitrogen and oxygen atoms in total. The maximum atomic E-state index is 12.4. The van der Waals surface area contributed by atoms with Crippen LogP contribution in [0.15, 0.2) is 24.3 Å². The molecule has 2 rings (SSSR count). The molecular formula is C16H23NO3. The van der Waals surface area contributed by atoms with Gasteiger partial charge in [0.2, 0.25) is 0 Å². The topological polar surface area (TPSA) is 38.8 Å². The molecule has 0 amide bonds. The van der Waals surface area contributed by atoms with Crippen molar-refractivity contribution in [3.8, 4) is 5.75 Å². The van der Waals surface area contributed by atoms with E-state index >= 15 is 0 Å². The molecule has 0 spiro atoms. The van der Waals surface area contributed by atoms with E-state index in [1.54, 1.807) is 14.2 Å². The van der Waals surface area contributed by atoms with Crippen LogP contribution in [0.25, 0.3) is 0 Å². The van der Waals surface area contributed by atoms with Crippen LogP contribution in [-0.2, 0) is 4.74 Å². The first kappa shape index (κ1) is 15.0. The lowest BCUT2D eigenvalue weighted by Gasteiger charge is -2.39. The van der Waals surface area contributed by atoms with Crippen molar-refractivity contribution in [1.29, 1.82) is 0 Å². The molecule has 1 aliphatic heterocycles. The van der Waals surface area contributed by atoms with Crippen LogP contribution in [0.2, 0.25) is 0 Å². The molecule has 1 heterocycles. The fraction of sp³-hybridized carbons (Fsp3) is 0.562. The van der Waals surface area contributed by atoms with Gasteiger partial charge in [0.1, 0.15) is 5.75 Å². The summed E-state index contributed by atoms with van der Waals surface area (Å²) in [6, 6.07) is 7.38. The van der Waals surface area contributed by atoms with Gasteiger partial charge in [-0.25, -0.2) is 0 Å². The van der Waals surface area contributed by atoms with E-state index in [2.05, 4.69) is 11.8 Å². The van der Waals surface area contributed by atoms with Gasteiger partial charge in [-0.1, -0.05) is 12.1 Å². The van der Waals surface area contributed by atoms with Crippen LogP contribution in [0, 0.1) is 0 Å². The number of nitrogens with zero attached hydrogens (tertiary/aromatic N) is 1. The Morgan fingerprint density at radius 3 is 2.80 bits per heavy atom. The molecule has 20 heavy (non-hydrogen) atoms. The number of likely N-dealkylation sites (tertiary alicyclic amines) is 1. The van der Waals surface area contributed by atoms with E-state index in [0.717, 1.165) is 25.9 Å². The molecule has 0 N–H and O–H groups in total. The van der Waals surface area contributed by atoms with Crippen molar-refractivity contribution in [2.24, 2.45) is 0 Å². The molecule has 1 aliphatic rings. The highest BCUT2D eigenvalue weighted by molar-refractivity contribution is 6.00. The minimum atomic E-state index is -0.140. The van der Waals surface area contributed by atoms with Crippen LogP contribution in [0.3, 0.4) is 0 Å². The molecule has 0 saturated carbocycles. The molecule has 0 aromatic heterocycles. The quantitative estimate of drug-likeness (QED) is 0.775. The van der Waals surface area contributed by atoms with Crippen molar-refractivity contribution in [1.82, 2.24) is 4.90 Å². The lowest BCUT2D eigenvalue weighted by Crippen LogP contribution is -2.48. The predicted molar refractivity (Wildman–Crippen MR) is 78.4 cm³/mol. The third-order valence-electron chi connectivity index (χ3n) is 4.01. The van der Waals surface area contributed by atoms with E-state index in [-0.39, 0.29) is 11.4 Å². The minimum Gasteiger partial charge on any atom is -0.496 e. The van der Waals surface area contributed by atoms with Gasteiger partial charge in [-0.3, -0.25) is 9.69 Å². The summed E-state index contributed by atoms with van der Waals surface area (Å²) in [6.45, 7) is 4.26. The van der Waals surface area contributed by atoms with Crippen molar-refractivity contribution in [3.05, 3.63) is 29.8 Å². The molecule has 1 unspecified atom stereocenters. The van der Waals surface area contributed by atoms with Crippen molar-refractivity contribution < 1.29 is 14.3 Å². The Hall–Kier alpha value is -1.39. The van der Waals surface area contributed by atoms with Crippen LogP contribution < -0.4 is 4.74 Å². The van der Waals surface area contributed by atoms with Gasteiger partial charge in [0.15, 0.2) is 5.78 Å². The van der Waals surface area contributed by atoms with Crippen LogP contribution in [0.4, 0.5) is 0 Å². The number of ketones is 1. The second kappa shape index (κ2) is 6.37. The molecule has 110 valence electrons. The fourth-order valence-corrected chi connectivity index (χ4v) is 2.77. The van der Waals surface area contributed by atoms with Gasteiger partial charge >= 0.3 is 0 Å². The van der Waals surface area contributed by atoms with E-state index in [4.69, 9.17) is 9.47 Å². The number of hydrogen-bond donors (Lipinski definition) is 0. The second-order valence-corrected chi connectivity index (χ2v) is 5.59. The SMILES string of the molecule is COc1ccccc1C(=O)CN1CCCC(C)(OC)C1. The third kappa shape index (κ3) is 3.38. The van der Waals surface area contributed by atoms with Crippen LogP contribution in [0.1, 0.15) is 30.1 Å². The third-order valence-corrected chi connectivity index (χ3v) is 4.01. The number of rotatable bonds is 5. The average Bonchev–Trinajstić information content (AvgIpc) is 2.47. The minimum absolute atomic E-state index is 0.0998. The summed E-state index contributed by atoms with van der Waals surface area (Å²) in [7, 11) is 3.33. The standard InChI is InChI=1S/C16H23NO3/c1-16(20-3)9-6-10-17(12-16)11-14(18)13-7-4-5-8-15(13)19-2/h4-5,7-8H,6,9-12H2,1-3H3. The normalized spacial score (nSPS) is 23.6. The number of Topliss-reactive ketones (excluding diaryl/α,β-unsaturated/α-hetero) is 1. The Balaban J connectivity index is 2.04. The highest BCUT2D eigenvalue weighted by atomic mass is 16.5. The van der Waals surface area contributed by atoms with Crippen LogP contribution in [0.5, 0.6) is 5.75 Å². The first-order chi connectivity index (χ1) is 9.58. The molecule has 1 aromatic rings. The van der Waals surface area contributed by atoms with E-state index < -0.39 is 0 Å². The zero-order valence-corrected chi connectivity index (χ0v) is 12.5. The summed E-state index contributed by atoms with van der Waals surface area (Å²) in [6.07, 6.45) is 2.10. The Morgan fingerprint density at radius 1 is 1.35 bits per heavy atom. The maximum Gasteiger partial charge on any atom is 0.180 e. The van der Waals surface area contributed by atoms with E-state index in [1.807, 2.05) is 24.3 Å². The van der Waals surface area contributed by atoms with Crippen molar-refractivity contribution in [2.45, 2.75) is 25.4 Å². The molecule has 4 heteroatoms. The zero-order valence-electron chi connectivity index (χ0n) is 12.5. The number of piperidine rings is 1. The first-order valence-electron chi connectivity index (χ1n) is 7.02. The number of methoxy groups -OCH3 is 2. The molecule has 0 radical (unpaired) electrons. The molecule has 1 fully saturated rings. The van der Waals surface area contributed by atoms with Gasteiger partial charge in [0, 0.05) is 13.7 Å². The Morgan fingerprint density at radius 2 is 2.10 bits per heavy atom.